The van der Waals surface area contributed by atoms with Gasteiger partial charge in [-0.25, -0.2) is 18.4 Å². The summed E-state index contributed by atoms with van der Waals surface area (Å²) in [6.45, 7) is 6.13. The molecule has 2 atom stereocenters. The second-order valence-corrected chi connectivity index (χ2v) is 11.8. The summed E-state index contributed by atoms with van der Waals surface area (Å²) in [4.78, 5) is 11.8. The van der Waals surface area contributed by atoms with E-state index in [-0.39, 0.29) is 52.8 Å². The summed E-state index contributed by atoms with van der Waals surface area (Å²) < 4.78 is 54.9. The van der Waals surface area contributed by atoms with Gasteiger partial charge in [0.2, 0.25) is 27.8 Å². The third-order valence-electron chi connectivity index (χ3n) is 6.01. The Morgan fingerprint density at radius 3 is 2.61 bits per heavy atom. The molecule has 0 saturated heterocycles. The molecule has 0 unspecified atom stereocenters. The molecular formula is C26H28FN7O6S. The van der Waals surface area contributed by atoms with E-state index >= 15 is 0 Å². The highest BCUT2D eigenvalue weighted by Gasteiger charge is 2.32. The van der Waals surface area contributed by atoms with Crippen LogP contribution in [0.15, 0.2) is 36.7 Å². The van der Waals surface area contributed by atoms with E-state index < -0.39 is 32.7 Å². The van der Waals surface area contributed by atoms with Crippen molar-refractivity contribution in [1.82, 2.24) is 29.7 Å². The molecule has 4 aromatic rings. The van der Waals surface area contributed by atoms with Crippen LogP contribution in [-0.2, 0) is 10.0 Å². The van der Waals surface area contributed by atoms with Crippen LogP contribution in [0.1, 0.15) is 39.3 Å². The van der Waals surface area contributed by atoms with Gasteiger partial charge in [0.05, 0.1) is 42.1 Å². The van der Waals surface area contributed by atoms with Crippen LogP contribution in [0.2, 0.25) is 0 Å². The van der Waals surface area contributed by atoms with Gasteiger partial charge in [-0.3, -0.25) is 14.3 Å². The summed E-state index contributed by atoms with van der Waals surface area (Å²) in [7, 11) is -2.81. The second-order valence-electron chi connectivity index (χ2n) is 9.73. The van der Waals surface area contributed by atoms with Gasteiger partial charge in [-0.05, 0) is 39.0 Å². The van der Waals surface area contributed by atoms with Gasteiger partial charge >= 0.3 is 0 Å². The van der Waals surface area contributed by atoms with Crippen molar-refractivity contribution in [3.8, 4) is 34.6 Å². The highest BCUT2D eigenvalue weighted by atomic mass is 32.2. The lowest BCUT2D eigenvalue weighted by Gasteiger charge is -2.21. The fraction of sp³-hybridized carbons (Fsp3) is 0.346. The first-order valence-electron chi connectivity index (χ1n) is 12.3. The maximum absolute atomic E-state index is 13.5. The summed E-state index contributed by atoms with van der Waals surface area (Å²) in [6.07, 6.45) is 2.08. The number of halogens is 1. The molecule has 0 aliphatic carbocycles. The first kappa shape index (κ1) is 29.4. The number of phenolic OH excluding ortho intramolecular Hbond substituents is 1. The lowest BCUT2D eigenvalue weighted by Crippen LogP contribution is -2.31. The smallest absolute Gasteiger partial charge is 0.243 e. The standard InChI is InChI=1S/C26H28FN7O6S/c1-15(18-12-29-21(27)13-28-18)16(2)41(37,38)33-25-32-31-24(34(25)23-19(35)9-7-10-20(23)39-5)17-8-6-11-22(30-17)40-14-26(3,4)36/h7,9-13,15-16,35-36H,14H2,1-5H3,(H,32,33)/t15-,16-/m0/s1. The molecule has 0 spiro atoms. The molecule has 0 amide bonds. The molecule has 4 rings (SSSR count). The van der Waals surface area contributed by atoms with Gasteiger partial charge in [0, 0.05) is 5.92 Å². The van der Waals surface area contributed by atoms with Crippen LogP contribution in [-0.4, -0.2) is 72.9 Å². The minimum absolute atomic E-state index is 0.0239. The number of rotatable bonds is 11. The summed E-state index contributed by atoms with van der Waals surface area (Å²) in [6, 6.07) is 11.4. The van der Waals surface area contributed by atoms with Gasteiger partial charge in [0.25, 0.3) is 0 Å². The molecule has 3 aromatic heterocycles. The lowest BCUT2D eigenvalue weighted by atomic mass is 10.1. The van der Waals surface area contributed by atoms with Gasteiger partial charge in [-0.15, -0.1) is 10.2 Å². The molecular weight excluding hydrogens is 557 g/mol. The van der Waals surface area contributed by atoms with Crippen LogP contribution >= 0.6 is 0 Å². The molecule has 3 heterocycles. The summed E-state index contributed by atoms with van der Waals surface area (Å²) in [5.41, 5.74) is -0.796. The maximum atomic E-state index is 13.5. The van der Waals surface area contributed by atoms with Gasteiger partial charge in [-0.1, -0.05) is 19.1 Å². The van der Waals surface area contributed by atoms with Gasteiger partial charge in [0.15, 0.2) is 11.5 Å². The first-order valence-corrected chi connectivity index (χ1v) is 13.8. The van der Waals surface area contributed by atoms with Crippen molar-refractivity contribution in [1.29, 1.82) is 0 Å². The summed E-state index contributed by atoms with van der Waals surface area (Å²) in [5, 5.41) is 27.9. The van der Waals surface area contributed by atoms with Crippen molar-refractivity contribution < 1.29 is 32.5 Å². The van der Waals surface area contributed by atoms with E-state index in [4.69, 9.17) is 9.47 Å². The number of para-hydroxylation sites is 1. The Balaban J connectivity index is 1.79. The summed E-state index contributed by atoms with van der Waals surface area (Å²) >= 11 is 0. The number of nitrogens with one attached hydrogen (secondary N) is 1. The lowest BCUT2D eigenvalue weighted by molar-refractivity contribution is 0.0269. The Kier molecular flexibility index (Phi) is 8.27. The fourth-order valence-electron chi connectivity index (χ4n) is 3.67. The third kappa shape index (κ3) is 6.61. The van der Waals surface area contributed by atoms with Crippen LogP contribution in [0.4, 0.5) is 10.3 Å². The average Bonchev–Trinajstić information content (AvgIpc) is 3.33. The molecule has 3 N–H and O–H groups in total. The highest BCUT2D eigenvalue weighted by Crippen LogP contribution is 2.37. The SMILES string of the molecule is COc1cccc(O)c1-n1c(NS(=O)(=O)[C@@H](C)[C@H](C)c2cnc(F)cn2)nnc1-c1c#ccc(OCC(C)(C)O)n1. The van der Waals surface area contributed by atoms with Crippen molar-refractivity contribution in [3.05, 3.63) is 60.4 Å². The largest absolute Gasteiger partial charge is 0.506 e. The predicted octanol–water partition coefficient (Wildman–Crippen LogP) is 2.66. The average molecular weight is 586 g/mol. The van der Waals surface area contributed by atoms with E-state index in [0.29, 0.717) is 0 Å². The molecule has 0 aliphatic rings. The maximum Gasteiger partial charge on any atom is 0.243 e. The van der Waals surface area contributed by atoms with E-state index in [1.807, 2.05) is 0 Å². The highest BCUT2D eigenvalue weighted by molar-refractivity contribution is 7.93. The molecule has 0 saturated carbocycles. The number of aromatic hydroxyl groups is 1. The number of phenols is 1. The number of aliphatic hydroxyl groups is 1. The van der Waals surface area contributed by atoms with Crippen LogP contribution in [0.25, 0.3) is 17.2 Å². The number of aromatic nitrogens is 6. The Bertz CT molecular complexity index is 1620. The first-order chi connectivity index (χ1) is 19.3. The fourth-order valence-corrected chi connectivity index (χ4v) is 4.92. The van der Waals surface area contributed by atoms with Gasteiger partial charge < -0.3 is 19.7 Å². The van der Waals surface area contributed by atoms with E-state index in [1.165, 1.54) is 36.9 Å². The predicted molar refractivity (Wildman–Crippen MR) is 145 cm³/mol. The quantitative estimate of drug-likeness (QED) is 0.236. The molecule has 1 aromatic carbocycles. The van der Waals surface area contributed by atoms with Crippen molar-refractivity contribution in [2.75, 3.05) is 18.4 Å². The van der Waals surface area contributed by atoms with Crippen molar-refractivity contribution in [2.24, 2.45) is 0 Å². The Morgan fingerprint density at radius 1 is 1.20 bits per heavy atom. The second kappa shape index (κ2) is 11.5. The van der Waals surface area contributed by atoms with E-state index in [2.05, 4.69) is 42.0 Å². The van der Waals surface area contributed by atoms with Crippen molar-refractivity contribution in [2.45, 2.75) is 44.5 Å². The van der Waals surface area contributed by atoms with Crippen LogP contribution in [0.5, 0.6) is 17.4 Å². The van der Waals surface area contributed by atoms with E-state index in [0.717, 1.165) is 6.20 Å². The van der Waals surface area contributed by atoms with E-state index in [1.54, 1.807) is 32.9 Å². The number of benzene rings is 1. The molecule has 0 radical (unpaired) electrons. The number of methoxy groups -OCH3 is 1. The van der Waals surface area contributed by atoms with Crippen LogP contribution < -0.4 is 14.2 Å². The number of ether oxygens (including phenoxy) is 2. The molecule has 0 bridgehead atoms. The third-order valence-corrected chi connectivity index (χ3v) is 7.87. The molecule has 0 fully saturated rings. The molecule has 0 aliphatic heterocycles. The number of nitrogens with zero attached hydrogens (tertiary/aromatic N) is 6. The Hall–Kier alpha value is -4.55. The summed E-state index contributed by atoms with van der Waals surface area (Å²) in [5.74, 6) is -1.81. The van der Waals surface area contributed by atoms with Gasteiger partial charge in [0.1, 0.15) is 23.8 Å². The van der Waals surface area contributed by atoms with Gasteiger partial charge in [-0.2, -0.15) is 4.39 Å². The zero-order valence-corrected chi connectivity index (χ0v) is 23.6. The zero-order chi connectivity index (χ0) is 29.9. The molecule has 41 heavy (non-hydrogen) atoms. The number of hydrogen-bond acceptors (Lipinski definition) is 11. The number of anilines is 1. The molecule has 216 valence electrons. The molecule has 15 heteroatoms. The van der Waals surface area contributed by atoms with Crippen LogP contribution in [0.3, 0.4) is 0 Å². The topological polar surface area (TPSA) is 174 Å². The molecule has 13 nitrogen and oxygen atoms in total. The minimum Gasteiger partial charge on any atom is -0.506 e. The van der Waals surface area contributed by atoms with Crippen LogP contribution in [0, 0.1) is 18.1 Å². The zero-order valence-electron chi connectivity index (χ0n) is 22.8. The van der Waals surface area contributed by atoms with Crippen molar-refractivity contribution >= 4 is 16.0 Å². The normalized spacial score (nSPS) is 13.2. The monoisotopic (exact) mass is 585 g/mol. The number of sulfonamides is 1. The van der Waals surface area contributed by atoms with Crippen molar-refractivity contribution in [3.63, 3.8) is 0 Å². The Morgan fingerprint density at radius 2 is 1.95 bits per heavy atom. The van der Waals surface area contributed by atoms with E-state index in [9.17, 15) is 23.0 Å². The minimum atomic E-state index is -4.18. The Labute approximate surface area is 236 Å². The number of hydrogen-bond donors (Lipinski definition) is 3.